The van der Waals surface area contributed by atoms with Crippen molar-refractivity contribution in [2.45, 2.75) is 33.2 Å². The number of aromatic amines is 1. The number of benzene rings is 2. The van der Waals surface area contributed by atoms with Crippen LogP contribution in [0.4, 0.5) is 11.5 Å². The predicted octanol–water partition coefficient (Wildman–Crippen LogP) is 4.45. The standard InChI is InChI=1S/C28H30N6O3/c1-18(27(36)37)28(2)12-14-34(15-13-28)17-19-8-10-21(11-9-19)30-25-23-22(16-29-33-26(23)35)31-24(32-25)20-6-4-3-5-7-20/h3-11,16,18H,12-15,17H2,1-2H3,(H,33,35)(H,36,37)(H,30,31,32). The maximum atomic E-state index is 12.6. The summed E-state index contributed by atoms with van der Waals surface area (Å²) >= 11 is 0. The molecule has 0 spiro atoms. The number of rotatable bonds is 7. The summed E-state index contributed by atoms with van der Waals surface area (Å²) in [5.74, 6) is -0.134. The number of hydrogen-bond donors (Lipinski definition) is 3. The van der Waals surface area contributed by atoms with Crippen molar-refractivity contribution in [3.05, 3.63) is 76.7 Å². The van der Waals surface area contributed by atoms with Gasteiger partial charge >= 0.3 is 5.97 Å². The topological polar surface area (TPSA) is 124 Å². The molecular formula is C28H30N6O3. The molecule has 4 aromatic rings. The highest BCUT2D eigenvalue weighted by Gasteiger charge is 2.38. The van der Waals surface area contributed by atoms with Gasteiger partial charge in [-0.2, -0.15) is 5.10 Å². The predicted molar refractivity (Wildman–Crippen MR) is 143 cm³/mol. The van der Waals surface area contributed by atoms with E-state index in [0.29, 0.717) is 22.5 Å². The maximum absolute atomic E-state index is 12.6. The zero-order valence-corrected chi connectivity index (χ0v) is 20.9. The second-order valence-electron chi connectivity index (χ2n) is 10.0. The number of piperidine rings is 1. The first kappa shape index (κ1) is 24.6. The smallest absolute Gasteiger partial charge is 0.306 e. The third kappa shape index (κ3) is 5.22. The lowest BCUT2D eigenvalue weighted by Crippen LogP contribution is -2.43. The Kier molecular flexibility index (Phi) is 6.71. The van der Waals surface area contributed by atoms with Gasteiger partial charge in [0.2, 0.25) is 0 Å². The van der Waals surface area contributed by atoms with E-state index in [1.807, 2.05) is 49.4 Å². The van der Waals surface area contributed by atoms with Crippen LogP contribution in [0.3, 0.4) is 0 Å². The summed E-state index contributed by atoms with van der Waals surface area (Å²) in [4.78, 5) is 35.6. The van der Waals surface area contributed by atoms with Gasteiger partial charge in [-0.25, -0.2) is 15.1 Å². The fraction of sp³-hybridized carbons (Fsp3) is 0.321. The monoisotopic (exact) mass is 498 g/mol. The molecule has 37 heavy (non-hydrogen) atoms. The van der Waals surface area contributed by atoms with Crippen molar-refractivity contribution in [3.8, 4) is 11.4 Å². The molecule has 5 rings (SSSR count). The van der Waals surface area contributed by atoms with E-state index in [9.17, 15) is 14.7 Å². The summed E-state index contributed by atoms with van der Waals surface area (Å²) in [5, 5.41) is 19.4. The van der Waals surface area contributed by atoms with E-state index in [1.54, 1.807) is 0 Å². The molecule has 0 saturated carbocycles. The molecule has 0 bridgehead atoms. The van der Waals surface area contributed by atoms with Crippen molar-refractivity contribution in [1.82, 2.24) is 25.1 Å². The first-order chi connectivity index (χ1) is 17.8. The quantitative estimate of drug-likeness (QED) is 0.341. The average Bonchev–Trinajstić information content (AvgIpc) is 2.91. The molecule has 1 aliphatic rings. The number of H-pyrrole nitrogens is 1. The zero-order chi connectivity index (χ0) is 26.0. The number of carboxylic acid groups (broad SMARTS) is 1. The Morgan fingerprint density at radius 3 is 2.49 bits per heavy atom. The number of aliphatic carboxylic acids is 1. The largest absolute Gasteiger partial charge is 0.481 e. The summed E-state index contributed by atoms with van der Waals surface area (Å²) < 4.78 is 0. The molecule has 0 aliphatic carbocycles. The van der Waals surface area contributed by atoms with Crippen LogP contribution < -0.4 is 10.9 Å². The fourth-order valence-corrected chi connectivity index (χ4v) is 4.85. The van der Waals surface area contributed by atoms with Crippen LogP contribution in [0.1, 0.15) is 32.3 Å². The third-order valence-electron chi connectivity index (χ3n) is 7.59. The summed E-state index contributed by atoms with van der Waals surface area (Å²) in [6, 6.07) is 17.7. The molecule has 9 nitrogen and oxygen atoms in total. The summed E-state index contributed by atoms with van der Waals surface area (Å²) in [5.41, 5.74) is 2.76. The second-order valence-corrected chi connectivity index (χ2v) is 10.0. The van der Waals surface area contributed by atoms with Crippen LogP contribution in [-0.4, -0.2) is 49.2 Å². The van der Waals surface area contributed by atoms with Gasteiger partial charge in [0, 0.05) is 17.8 Å². The van der Waals surface area contributed by atoms with E-state index < -0.39 is 5.97 Å². The fourth-order valence-electron chi connectivity index (χ4n) is 4.85. The lowest BCUT2D eigenvalue weighted by atomic mass is 9.71. The first-order valence-electron chi connectivity index (χ1n) is 12.4. The highest BCUT2D eigenvalue weighted by Crippen LogP contribution is 2.38. The Morgan fingerprint density at radius 2 is 1.81 bits per heavy atom. The third-order valence-corrected chi connectivity index (χ3v) is 7.59. The van der Waals surface area contributed by atoms with Crippen LogP contribution >= 0.6 is 0 Å². The molecule has 1 atom stereocenters. The van der Waals surface area contributed by atoms with Crippen LogP contribution in [0, 0.1) is 11.3 Å². The van der Waals surface area contributed by atoms with Crippen molar-refractivity contribution < 1.29 is 9.90 Å². The number of carbonyl (C=O) groups is 1. The Balaban J connectivity index is 1.32. The first-order valence-corrected chi connectivity index (χ1v) is 12.4. The highest BCUT2D eigenvalue weighted by molar-refractivity contribution is 5.91. The second kappa shape index (κ2) is 10.1. The minimum absolute atomic E-state index is 0.164. The van der Waals surface area contributed by atoms with Gasteiger partial charge < -0.3 is 10.4 Å². The van der Waals surface area contributed by atoms with Crippen molar-refractivity contribution in [1.29, 1.82) is 0 Å². The molecule has 9 heteroatoms. The number of carboxylic acids is 1. The molecule has 190 valence electrons. The van der Waals surface area contributed by atoms with Gasteiger partial charge in [0.25, 0.3) is 5.56 Å². The SMILES string of the molecule is CC(C(=O)O)C1(C)CCN(Cc2ccc(Nc3nc(-c4ccccc4)nc4cn[nH]c(=O)c34)cc2)CC1. The number of likely N-dealkylation sites (tertiary alicyclic amines) is 1. The molecule has 3 heterocycles. The minimum atomic E-state index is -0.718. The van der Waals surface area contributed by atoms with Crippen molar-refractivity contribution in [2.75, 3.05) is 18.4 Å². The molecule has 0 radical (unpaired) electrons. The molecule has 1 fully saturated rings. The number of nitrogens with zero attached hydrogens (tertiary/aromatic N) is 4. The van der Waals surface area contributed by atoms with Crippen LogP contribution in [0.15, 0.2) is 65.6 Å². The number of hydrogen-bond acceptors (Lipinski definition) is 7. The molecule has 0 amide bonds. The number of aromatic nitrogens is 4. The van der Waals surface area contributed by atoms with E-state index in [2.05, 4.69) is 49.4 Å². The van der Waals surface area contributed by atoms with E-state index in [1.165, 1.54) is 11.8 Å². The lowest BCUT2D eigenvalue weighted by molar-refractivity contribution is -0.146. The Hall–Kier alpha value is -4.11. The minimum Gasteiger partial charge on any atom is -0.481 e. The van der Waals surface area contributed by atoms with Gasteiger partial charge in [0.05, 0.1) is 12.1 Å². The van der Waals surface area contributed by atoms with E-state index >= 15 is 0 Å². The van der Waals surface area contributed by atoms with Crippen LogP contribution in [0.5, 0.6) is 0 Å². The Labute approximate surface area is 214 Å². The molecule has 2 aromatic carbocycles. The van der Waals surface area contributed by atoms with E-state index in [0.717, 1.165) is 43.7 Å². The zero-order valence-electron chi connectivity index (χ0n) is 20.9. The Morgan fingerprint density at radius 1 is 1.11 bits per heavy atom. The molecule has 3 N–H and O–H groups in total. The molecule has 2 aromatic heterocycles. The number of fused-ring (bicyclic) bond motifs is 1. The van der Waals surface area contributed by atoms with Crippen LogP contribution in [-0.2, 0) is 11.3 Å². The molecule has 1 unspecified atom stereocenters. The molecule has 1 saturated heterocycles. The van der Waals surface area contributed by atoms with Gasteiger partial charge in [-0.15, -0.1) is 0 Å². The van der Waals surface area contributed by atoms with Crippen molar-refractivity contribution in [3.63, 3.8) is 0 Å². The normalized spacial score (nSPS) is 16.4. The average molecular weight is 499 g/mol. The van der Waals surface area contributed by atoms with Gasteiger partial charge in [0.1, 0.15) is 16.7 Å². The van der Waals surface area contributed by atoms with E-state index in [-0.39, 0.29) is 16.9 Å². The van der Waals surface area contributed by atoms with Crippen LogP contribution in [0.25, 0.3) is 22.3 Å². The van der Waals surface area contributed by atoms with Crippen molar-refractivity contribution >= 4 is 28.4 Å². The van der Waals surface area contributed by atoms with Gasteiger partial charge in [0.15, 0.2) is 5.82 Å². The van der Waals surface area contributed by atoms with Gasteiger partial charge in [-0.3, -0.25) is 14.5 Å². The lowest BCUT2D eigenvalue weighted by Gasteiger charge is -2.41. The molecular weight excluding hydrogens is 468 g/mol. The van der Waals surface area contributed by atoms with Crippen molar-refractivity contribution in [2.24, 2.45) is 11.3 Å². The summed E-state index contributed by atoms with van der Waals surface area (Å²) in [7, 11) is 0. The van der Waals surface area contributed by atoms with E-state index in [4.69, 9.17) is 0 Å². The Bertz CT molecular complexity index is 1460. The van der Waals surface area contributed by atoms with Gasteiger partial charge in [-0.1, -0.05) is 56.3 Å². The highest BCUT2D eigenvalue weighted by atomic mass is 16.4. The van der Waals surface area contributed by atoms with Crippen LogP contribution in [0.2, 0.25) is 0 Å². The summed E-state index contributed by atoms with van der Waals surface area (Å²) in [6.45, 7) is 6.46. The number of anilines is 2. The maximum Gasteiger partial charge on any atom is 0.306 e. The van der Waals surface area contributed by atoms with Gasteiger partial charge in [-0.05, 0) is 49.0 Å². The summed E-state index contributed by atoms with van der Waals surface area (Å²) in [6.07, 6.45) is 3.27. The number of nitrogens with one attached hydrogen (secondary N) is 2. The molecule has 1 aliphatic heterocycles.